The van der Waals surface area contributed by atoms with Gasteiger partial charge in [-0.2, -0.15) is 0 Å². The van der Waals surface area contributed by atoms with Gasteiger partial charge in [-0.3, -0.25) is 0 Å². The Morgan fingerprint density at radius 3 is 2.44 bits per heavy atom. The first-order valence-electron chi connectivity index (χ1n) is 8.99. The number of nitrogens with zero attached hydrogens (tertiary/aromatic N) is 1. The van der Waals surface area contributed by atoms with E-state index in [0.717, 1.165) is 30.1 Å². The van der Waals surface area contributed by atoms with Gasteiger partial charge in [-0.1, -0.05) is 30.7 Å². The van der Waals surface area contributed by atoms with E-state index in [2.05, 4.69) is 12.2 Å². The highest BCUT2D eigenvalue weighted by Crippen LogP contribution is 2.44. The Morgan fingerprint density at radius 2 is 1.92 bits per heavy atom. The Hall–Kier alpha value is -1.26. The van der Waals surface area contributed by atoms with Crippen molar-refractivity contribution < 1.29 is 9.53 Å². The molecule has 1 aliphatic carbocycles. The minimum Gasteiger partial charge on any atom is -0.444 e. The fourth-order valence-electron chi connectivity index (χ4n) is 2.65. The summed E-state index contributed by atoms with van der Waals surface area (Å²) >= 11 is 5.98. The highest BCUT2D eigenvalue weighted by molar-refractivity contribution is 6.30. The lowest BCUT2D eigenvalue weighted by molar-refractivity contribution is 0.0221. The molecule has 4 nitrogen and oxygen atoms in total. The molecule has 1 aromatic rings. The number of carbonyl (C=O) groups is 1. The number of benzene rings is 1. The number of likely N-dealkylation sites (N-methyl/N-ethyl adjacent to an activating group) is 1. The average molecular weight is 367 g/mol. The molecule has 1 aliphatic rings. The largest absolute Gasteiger partial charge is 0.444 e. The topological polar surface area (TPSA) is 41.6 Å². The van der Waals surface area contributed by atoms with Crippen molar-refractivity contribution in [3.8, 4) is 0 Å². The van der Waals surface area contributed by atoms with Crippen molar-refractivity contribution in [3.05, 3.63) is 34.9 Å². The summed E-state index contributed by atoms with van der Waals surface area (Å²) in [5.74, 6) is 0. The van der Waals surface area contributed by atoms with Crippen LogP contribution in [-0.4, -0.2) is 42.8 Å². The number of nitrogens with one attached hydrogen (secondary N) is 1. The number of amides is 1. The van der Waals surface area contributed by atoms with Gasteiger partial charge >= 0.3 is 6.09 Å². The van der Waals surface area contributed by atoms with Crippen molar-refractivity contribution in [1.82, 2.24) is 10.2 Å². The summed E-state index contributed by atoms with van der Waals surface area (Å²) < 4.78 is 5.53. The van der Waals surface area contributed by atoms with E-state index in [4.69, 9.17) is 16.3 Å². The molecule has 1 saturated carbocycles. The van der Waals surface area contributed by atoms with E-state index in [9.17, 15) is 4.79 Å². The van der Waals surface area contributed by atoms with Gasteiger partial charge in [0.1, 0.15) is 5.60 Å². The van der Waals surface area contributed by atoms with Crippen molar-refractivity contribution in [2.45, 2.75) is 58.6 Å². The SMILES string of the molecule is CN(C(=O)OC(C)(C)C)[C@@H](CNCC1(C)CC1)Cc1ccc(Cl)cc1. The van der Waals surface area contributed by atoms with Crippen LogP contribution >= 0.6 is 11.6 Å². The first kappa shape index (κ1) is 20.1. The molecule has 0 unspecified atom stereocenters. The number of hydrogen-bond donors (Lipinski definition) is 1. The van der Waals surface area contributed by atoms with Crippen LogP contribution in [0, 0.1) is 5.41 Å². The maximum Gasteiger partial charge on any atom is 0.410 e. The van der Waals surface area contributed by atoms with Crippen LogP contribution in [0.3, 0.4) is 0 Å². The fourth-order valence-corrected chi connectivity index (χ4v) is 2.78. The molecule has 5 heteroatoms. The van der Waals surface area contributed by atoms with Crippen LogP contribution in [0.25, 0.3) is 0 Å². The van der Waals surface area contributed by atoms with Gasteiger partial charge in [0.25, 0.3) is 0 Å². The van der Waals surface area contributed by atoms with Crippen LogP contribution in [0.2, 0.25) is 5.02 Å². The Morgan fingerprint density at radius 1 is 1.32 bits per heavy atom. The molecule has 1 N–H and O–H groups in total. The third-order valence-electron chi connectivity index (χ3n) is 4.65. The van der Waals surface area contributed by atoms with Gasteiger partial charge in [0.2, 0.25) is 0 Å². The van der Waals surface area contributed by atoms with E-state index >= 15 is 0 Å². The predicted octanol–water partition coefficient (Wildman–Crippen LogP) is 4.51. The molecule has 1 aromatic carbocycles. The molecule has 25 heavy (non-hydrogen) atoms. The van der Waals surface area contributed by atoms with Crippen molar-refractivity contribution in [2.24, 2.45) is 5.41 Å². The molecule has 2 rings (SSSR count). The number of rotatable bonds is 7. The van der Waals surface area contributed by atoms with Crippen molar-refractivity contribution in [3.63, 3.8) is 0 Å². The molecule has 1 fully saturated rings. The molecule has 0 bridgehead atoms. The van der Waals surface area contributed by atoms with Crippen molar-refractivity contribution in [1.29, 1.82) is 0 Å². The van der Waals surface area contributed by atoms with E-state index in [0.29, 0.717) is 5.41 Å². The Balaban J connectivity index is 2.01. The lowest BCUT2D eigenvalue weighted by atomic mass is 10.0. The lowest BCUT2D eigenvalue weighted by Crippen LogP contribution is -2.47. The summed E-state index contributed by atoms with van der Waals surface area (Å²) in [5, 5.41) is 4.27. The first-order valence-corrected chi connectivity index (χ1v) is 9.37. The maximum absolute atomic E-state index is 12.5. The quantitative estimate of drug-likeness (QED) is 0.772. The van der Waals surface area contributed by atoms with Gasteiger partial charge in [0, 0.05) is 25.2 Å². The number of halogens is 1. The highest BCUT2D eigenvalue weighted by Gasteiger charge is 2.37. The van der Waals surface area contributed by atoms with Crippen molar-refractivity contribution >= 4 is 17.7 Å². The van der Waals surface area contributed by atoms with Gasteiger partial charge in [0.05, 0.1) is 6.04 Å². The molecule has 0 radical (unpaired) electrons. The molecule has 0 spiro atoms. The van der Waals surface area contributed by atoms with Crippen LogP contribution in [0.1, 0.15) is 46.1 Å². The zero-order valence-corrected chi connectivity index (χ0v) is 16.8. The molecule has 1 amide bonds. The van der Waals surface area contributed by atoms with E-state index < -0.39 is 5.60 Å². The number of hydrogen-bond acceptors (Lipinski definition) is 3. The Kier molecular flexibility index (Phi) is 6.39. The molecule has 140 valence electrons. The Labute approximate surface area is 156 Å². The second-order valence-electron chi connectivity index (χ2n) is 8.52. The second-order valence-corrected chi connectivity index (χ2v) is 8.95. The number of ether oxygens (including phenoxy) is 1. The van der Waals surface area contributed by atoms with Gasteiger partial charge in [-0.25, -0.2) is 4.79 Å². The van der Waals surface area contributed by atoms with Crippen LogP contribution in [0.15, 0.2) is 24.3 Å². The summed E-state index contributed by atoms with van der Waals surface area (Å²) in [6.07, 6.45) is 3.04. The molecule has 0 saturated heterocycles. The summed E-state index contributed by atoms with van der Waals surface area (Å²) in [5.41, 5.74) is 1.10. The average Bonchev–Trinajstić information content (AvgIpc) is 3.23. The molecule has 0 aliphatic heterocycles. The van der Waals surface area contributed by atoms with E-state index in [1.54, 1.807) is 4.90 Å². The third kappa shape index (κ3) is 6.87. The normalized spacial score (nSPS) is 17.0. The third-order valence-corrected chi connectivity index (χ3v) is 4.90. The standard InChI is InChI=1S/C20H31ClN2O2/c1-19(2,3)25-18(24)23(5)17(13-22-14-20(4)10-11-20)12-15-6-8-16(21)9-7-15/h6-9,17,22H,10-14H2,1-5H3/t17-/m1/s1. The zero-order valence-electron chi connectivity index (χ0n) is 16.1. The minimum absolute atomic E-state index is 0.0263. The highest BCUT2D eigenvalue weighted by atomic mass is 35.5. The smallest absolute Gasteiger partial charge is 0.410 e. The molecule has 0 heterocycles. The van der Waals surface area contributed by atoms with Crippen LogP contribution in [0.4, 0.5) is 4.79 Å². The van der Waals surface area contributed by atoms with Crippen LogP contribution < -0.4 is 5.32 Å². The van der Waals surface area contributed by atoms with Gasteiger partial charge in [-0.15, -0.1) is 0 Å². The molecule has 1 atom stereocenters. The van der Waals surface area contributed by atoms with Gasteiger partial charge in [0.15, 0.2) is 0 Å². The number of carbonyl (C=O) groups excluding carboxylic acids is 1. The summed E-state index contributed by atoms with van der Waals surface area (Å²) in [6, 6.07) is 7.83. The first-order chi connectivity index (χ1) is 11.6. The van der Waals surface area contributed by atoms with E-state index in [1.807, 2.05) is 52.1 Å². The van der Waals surface area contributed by atoms with Crippen LogP contribution in [0.5, 0.6) is 0 Å². The molecule has 0 aromatic heterocycles. The van der Waals surface area contributed by atoms with E-state index in [-0.39, 0.29) is 12.1 Å². The summed E-state index contributed by atoms with van der Waals surface area (Å²) in [7, 11) is 1.81. The van der Waals surface area contributed by atoms with Gasteiger partial charge in [-0.05, 0) is 63.1 Å². The fraction of sp³-hybridized carbons (Fsp3) is 0.650. The van der Waals surface area contributed by atoms with Crippen molar-refractivity contribution in [2.75, 3.05) is 20.1 Å². The second kappa shape index (κ2) is 7.96. The predicted molar refractivity (Wildman–Crippen MR) is 103 cm³/mol. The molecular weight excluding hydrogens is 336 g/mol. The Bertz CT molecular complexity index is 576. The monoisotopic (exact) mass is 366 g/mol. The van der Waals surface area contributed by atoms with Crippen LogP contribution in [-0.2, 0) is 11.2 Å². The van der Waals surface area contributed by atoms with E-state index in [1.165, 1.54) is 12.8 Å². The lowest BCUT2D eigenvalue weighted by Gasteiger charge is -2.31. The maximum atomic E-state index is 12.5. The summed E-state index contributed by atoms with van der Waals surface area (Å²) in [6.45, 7) is 9.70. The minimum atomic E-state index is -0.495. The summed E-state index contributed by atoms with van der Waals surface area (Å²) in [4.78, 5) is 14.2. The molecular formula is C20H31ClN2O2. The van der Waals surface area contributed by atoms with Gasteiger partial charge < -0.3 is 15.0 Å². The zero-order chi connectivity index (χ0) is 18.7.